The summed E-state index contributed by atoms with van der Waals surface area (Å²) in [5.41, 5.74) is 1.58. The molecule has 25 heavy (non-hydrogen) atoms. The van der Waals surface area contributed by atoms with Crippen LogP contribution in [-0.2, 0) is 4.79 Å². The molecule has 0 aliphatic heterocycles. The molecule has 2 aromatic rings. The number of hydrogen-bond acceptors (Lipinski definition) is 3. The second-order valence-electron chi connectivity index (χ2n) is 5.79. The van der Waals surface area contributed by atoms with Gasteiger partial charge in [0.1, 0.15) is 0 Å². The zero-order valence-corrected chi connectivity index (χ0v) is 17.0. The molecule has 0 saturated heterocycles. The lowest BCUT2D eigenvalue weighted by molar-refractivity contribution is -0.116. The molecule has 0 aliphatic carbocycles. The molecule has 1 aromatic carbocycles. The van der Waals surface area contributed by atoms with E-state index >= 15 is 0 Å². The minimum Gasteiger partial charge on any atom is -0.331 e. The Kier molecular flexibility index (Phi) is 6.48. The number of halogens is 3. The van der Waals surface area contributed by atoms with Crippen molar-refractivity contribution in [3.8, 4) is 0 Å². The van der Waals surface area contributed by atoms with Crippen molar-refractivity contribution in [2.24, 2.45) is 0 Å². The molecule has 0 spiro atoms. The molecule has 2 rings (SSSR count). The summed E-state index contributed by atoms with van der Waals surface area (Å²) in [7, 11) is 1.53. The van der Waals surface area contributed by atoms with Crippen LogP contribution in [0.3, 0.4) is 0 Å². The Bertz CT molecular complexity index is 807. The maximum atomic E-state index is 12.5. The summed E-state index contributed by atoms with van der Waals surface area (Å²) in [5, 5.41) is 10.3. The first-order valence-corrected chi connectivity index (χ1v) is 8.99. The van der Waals surface area contributed by atoms with Crippen molar-refractivity contribution in [1.29, 1.82) is 0 Å². The SMILES string of the molecule is CC(C)c1[nH]nc(C(=O)N(C)CC(=O)Nc2ccc(Cl)c(Cl)c2)c1Br. The summed E-state index contributed by atoms with van der Waals surface area (Å²) in [6, 6.07) is 4.76. The number of aromatic nitrogens is 2. The predicted molar refractivity (Wildman–Crippen MR) is 102 cm³/mol. The summed E-state index contributed by atoms with van der Waals surface area (Å²) in [6.07, 6.45) is 0. The molecular formula is C16H17BrCl2N4O2. The molecule has 2 amide bonds. The highest BCUT2D eigenvalue weighted by Gasteiger charge is 2.23. The molecule has 1 heterocycles. The van der Waals surface area contributed by atoms with Gasteiger partial charge in [0.15, 0.2) is 5.69 Å². The lowest BCUT2D eigenvalue weighted by Crippen LogP contribution is -2.35. The molecule has 0 unspecified atom stereocenters. The second-order valence-corrected chi connectivity index (χ2v) is 7.40. The first-order chi connectivity index (χ1) is 11.7. The smallest absolute Gasteiger partial charge is 0.275 e. The Morgan fingerprint density at radius 1 is 1.32 bits per heavy atom. The quantitative estimate of drug-likeness (QED) is 0.716. The first kappa shape index (κ1) is 19.8. The van der Waals surface area contributed by atoms with E-state index in [9.17, 15) is 9.59 Å². The molecular weight excluding hydrogens is 431 g/mol. The van der Waals surface area contributed by atoms with Crippen LogP contribution in [-0.4, -0.2) is 40.5 Å². The van der Waals surface area contributed by atoms with Crippen molar-refractivity contribution in [3.63, 3.8) is 0 Å². The van der Waals surface area contributed by atoms with Gasteiger partial charge in [-0.2, -0.15) is 5.10 Å². The van der Waals surface area contributed by atoms with Gasteiger partial charge in [0, 0.05) is 12.7 Å². The Labute approximate surface area is 164 Å². The van der Waals surface area contributed by atoms with E-state index in [0.717, 1.165) is 5.69 Å². The average molecular weight is 448 g/mol. The largest absolute Gasteiger partial charge is 0.331 e. The van der Waals surface area contributed by atoms with Crippen LogP contribution in [0, 0.1) is 0 Å². The van der Waals surface area contributed by atoms with Crippen LogP contribution in [0.25, 0.3) is 0 Å². The van der Waals surface area contributed by atoms with Crippen LogP contribution >= 0.6 is 39.1 Å². The number of anilines is 1. The van der Waals surface area contributed by atoms with Gasteiger partial charge in [0.2, 0.25) is 5.91 Å². The monoisotopic (exact) mass is 446 g/mol. The normalized spacial score (nSPS) is 10.8. The van der Waals surface area contributed by atoms with Gasteiger partial charge in [0.25, 0.3) is 5.91 Å². The number of carbonyl (C=O) groups is 2. The fraction of sp³-hybridized carbons (Fsp3) is 0.312. The van der Waals surface area contributed by atoms with E-state index in [2.05, 4.69) is 31.4 Å². The van der Waals surface area contributed by atoms with E-state index in [-0.39, 0.29) is 30.0 Å². The van der Waals surface area contributed by atoms with Gasteiger partial charge in [-0.3, -0.25) is 14.7 Å². The van der Waals surface area contributed by atoms with Crippen molar-refractivity contribution in [2.45, 2.75) is 19.8 Å². The number of likely N-dealkylation sites (N-methyl/N-ethyl adjacent to an activating group) is 1. The van der Waals surface area contributed by atoms with Gasteiger partial charge in [-0.05, 0) is 40.0 Å². The molecule has 0 saturated carbocycles. The van der Waals surface area contributed by atoms with E-state index < -0.39 is 0 Å². The highest BCUT2D eigenvalue weighted by molar-refractivity contribution is 9.10. The van der Waals surface area contributed by atoms with E-state index in [0.29, 0.717) is 20.2 Å². The number of amides is 2. The fourth-order valence-corrected chi connectivity index (χ4v) is 3.21. The Morgan fingerprint density at radius 2 is 2.00 bits per heavy atom. The van der Waals surface area contributed by atoms with Gasteiger partial charge in [-0.25, -0.2) is 0 Å². The van der Waals surface area contributed by atoms with Crippen molar-refractivity contribution < 1.29 is 9.59 Å². The predicted octanol–water partition coefficient (Wildman–Crippen LogP) is 4.31. The number of nitrogens with one attached hydrogen (secondary N) is 2. The second kappa shape index (κ2) is 8.21. The lowest BCUT2D eigenvalue weighted by Gasteiger charge is -2.16. The number of rotatable bonds is 5. The lowest BCUT2D eigenvalue weighted by atomic mass is 10.1. The van der Waals surface area contributed by atoms with E-state index in [1.54, 1.807) is 18.2 Å². The molecule has 1 aromatic heterocycles. The van der Waals surface area contributed by atoms with Gasteiger partial charge < -0.3 is 10.2 Å². The number of carbonyl (C=O) groups excluding carboxylic acids is 2. The van der Waals surface area contributed by atoms with Crippen molar-refractivity contribution in [3.05, 3.63) is 44.1 Å². The number of aromatic amines is 1. The molecule has 2 N–H and O–H groups in total. The molecule has 0 atom stereocenters. The summed E-state index contributed by atoms with van der Waals surface area (Å²) in [4.78, 5) is 25.9. The minimum atomic E-state index is -0.362. The van der Waals surface area contributed by atoms with Crippen molar-refractivity contribution in [2.75, 3.05) is 18.9 Å². The standard InChI is InChI=1S/C16H17BrCl2N4O2/c1-8(2)14-13(17)15(22-21-14)16(25)23(3)7-12(24)20-9-4-5-10(18)11(19)6-9/h4-6,8H,7H2,1-3H3,(H,20,24)(H,21,22). The summed E-state index contributed by atoms with van der Waals surface area (Å²) in [5.74, 6) is -0.532. The van der Waals surface area contributed by atoms with Crippen LogP contribution in [0.15, 0.2) is 22.7 Å². The topological polar surface area (TPSA) is 78.1 Å². The van der Waals surface area contributed by atoms with E-state index in [4.69, 9.17) is 23.2 Å². The number of H-pyrrole nitrogens is 1. The molecule has 0 radical (unpaired) electrons. The highest BCUT2D eigenvalue weighted by atomic mass is 79.9. The fourth-order valence-electron chi connectivity index (χ4n) is 2.11. The minimum absolute atomic E-state index is 0.130. The highest BCUT2D eigenvalue weighted by Crippen LogP contribution is 2.26. The van der Waals surface area contributed by atoms with E-state index in [1.807, 2.05) is 13.8 Å². The summed E-state index contributed by atoms with van der Waals surface area (Å²) >= 11 is 15.1. The Morgan fingerprint density at radius 3 is 2.56 bits per heavy atom. The van der Waals surface area contributed by atoms with Crippen LogP contribution in [0.1, 0.15) is 35.9 Å². The molecule has 0 bridgehead atoms. The van der Waals surface area contributed by atoms with Gasteiger partial charge >= 0.3 is 0 Å². The van der Waals surface area contributed by atoms with Gasteiger partial charge in [0.05, 0.1) is 26.8 Å². The molecule has 0 aliphatic rings. The van der Waals surface area contributed by atoms with Gasteiger partial charge in [-0.15, -0.1) is 0 Å². The third-order valence-electron chi connectivity index (χ3n) is 3.44. The molecule has 6 nitrogen and oxygen atoms in total. The third-order valence-corrected chi connectivity index (χ3v) is 4.99. The number of nitrogens with zero attached hydrogens (tertiary/aromatic N) is 2. The summed E-state index contributed by atoms with van der Waals surface area (Å²) in [6.45, 7) is 3.84. The molecule has 9 heteroatoms. The maximum absolute atomic E-state index is 12.5. The van der Waals surface area contributed by atoms with Crippen molar-refractivity contribution in [1.82, 2.24) is 15.1 Å². The van der Waals surface area contributed by atoms with Crippen molar-refractivity contribution >= 4 is 56.6 Å². The van der Waals surface area contributed by atoms with Crippen LogP contribution in [0.4, 0.5) is 5.69 Å². The zero-order chi connectivity index (χ0) is 18.7. The first-order valence-electron chi connectivity index (χ1n) is 7.44. The number of hydrogen-bond donors (Lipinski definition) is 2. The van der Waals surface area contributed by atoms with E-state index in [1.165, 1.54) is 11.9 Å². The van der Waals surface area contributed by atoms with Crippen LogP contribution in [0.5, 0.6) is 0 Å². The Balaban J connectivity index is 2.03. The molecule has 134 valence electrons. The molecule has 0 fully saturated rings. The van der Waals surface area contributed by atoms with Gasteiger partial charge in [-0.1, -0.05) is 37.0 Å². The zero-order valence-electron chi connectivity index (χ0n) is 13.9. The van der Waals surface area contributed by atoms with Crippen LogP contribution in [0.2, 0.25) is 10.0 Å². The Hall–Kier alpha value is -1.57. The third kappa shape index (κ3) is 4.74. The summed E-state index contributed by atoms with van der Waals surface area (Å²) < 4.78 is 0.615. The van der Waals surface area contributed by atoms with Crippen LogP contribution < -0.4 is 5.32 Å². The average Bonchev–Trinajstić information content (AvgIpc) is 2.91. The number of benzene rings is 1. The maximum Gasteiger partial charge on any atom is 0.275 e.